The number of phenols is 1. The van der Waals surface area contributed by atoms with E-state index in [1.807, 2.05) is 0 Å². The van der Waals surface area contributed by atoms with Crippen molar-refractivity contribution < 1.29 is 14.2 Å². The molecule has 0 fully saturated rings. The summed E-state index contributed by atoms with van der Waals surface area (Å²) in [5, 5.41) is 9.70. The first-order valence-electron chi connectivity index (χ1n) is 4.29. The molecule has 0 aromatic heterocycles. The van der Waals surface area contributed by atoms with Gasteiger partial charge in [-0.05, 0) is 18.6 Å². The molecule has 0 spiro atoms. The number of aryl methyl sites for hydroxylation is 1. The molecule has 0 aliphatic heterocycles. The third-order valence-corrected chi connectivity index (χ3v) is 2.16. The average Bonchev–Trinajstić information content (AvgIpc) is 2.18. The Labute approximate surface area is 82.3 Å². The normalized spacial score (nSPS) is 12.6. The molecule has 1 aromatic rings. The molecule has 14 heavy (non-hydrogen) atoms. The summed E-state index contributed by atoms with van der Waals surface area (Å²) in [5.74, 6) is 0.243. The molecule has 0 unspecified atom stereocenters. The molecule has 1 atom stereocenters. The predicted octanol–water partition coefficient (Wildman–Crippen LogP) is 1.68. The molecule has 0 aliphatic rings. The average molecular weight is 199 g/mol. The Morgan fingerprint density at radius 1 is 1.57 bits per heavy atom. The van der Waals surface area contributed by atoms with Gasteiger partial charge in [-0.2, -0.15) is 0 Å². The highest BCUT2D eigenvalue weighted by molar-refractivity contribution is 5.50. The number of nitrogens with two attached hydrogens (primary N) is 1. The van der Waals surface area contributed by atoms with Crippen LogP contribution in [0.2, 0.25) is 0 Å². The van der Waals surface area contributed by atoms with Gasteiger partial charge in [-0.3, -0.25) is 0 Å². The third kappa shape index (κ3) is 1.80. The van der Waals surface area contributed by atoms with Gasteiger partial charge in [0.1, 0.15) is 6.67 Å². The molecule has 0 saturated carbocycles. The zero-order valence-corrected chi connectivity index (χ0v) is 8.25. The minimum atomic E-state index is -0.801. The number of hydrogen-bond donors (Lipinski definition) is 2. The molecular formula is C10H14FNO2. The molecule has 0 heterocycles. The van der Waals surface area contributed by atoms with Gasteiger partial charge in [-0.15, -0.1) is 0 Å². The van der Waals surface area contributed by atoms with Crippen molar-refractivity contribution in [2.45, 2.75) is 13.0 Å². The van der Waals surface area contributed by atoms with Crippen LogP contribution in [0.15, 0.2) is 12.1 Å². The Morgan fingerprint density at radius 3 is 2.71 bits per heavy atom. The number of benzene rings is 1. The quantitative estimate of drug-likeness (QED) is 0.778. The highest BCUT2D eigenvalue weighted by atomic mass is 19.1. The van der Waals surface area contributed by atoms with E-state index in [0.29, 0.717) is 11.3 Å². The van der Waals surface area contributed by atoms with Gasteiger partial charge in [0.2, 0.25) is 0 Å². The number of alkyl halides is 1. The van der Waals surface area contributed by atoms with Crippen LogP contribution >= 0.6 is 0 Å². The molecule has 3 N–H and O–H groups in total. The summed E-state index contributed by atoms with van der Waals surface area (Å²) in [6.45, 7) is 1.06. The number of halogens is 1. The summed E-state index contributed by atoms with van der Waals surface area (Å²) >= 11 is 0. The standard InChI is InChI=1S/C10H14FNO2/c1-6-3-4-8(14-2)10(13)9(6)7(12)5-11/h3-4,7,13H,5,12H2,1-2H3/t7-/m0/s1. The molecule has 1 aromatic carbocycles. The van der Waals surface area contributed by atoms with Crippen LogP contribution < -0.4 is 10.5 Å². The van der Waals surface area contributed by atoms with Crippen molar-refractivity contribution in [1.29, 1.82) is 0 Å². The third-order valence-electron chi connectivity index (χ3n) is 2.16. The molecule has 78 valence electrons. The highest BCUT2D eigenvalue weighted by Crippen LogP contribution is 2.35. The fraction of sp³-hybridized carbons (Fsp3) is 0.400. The Morgan fingerprint density at radius 2 is 2.21 bits per heavy atom. The Bertz CT molecular complexity index is 328. The van der Waals surface area contributed by atoms with Crippen molar-refractivity contribution in [2.75, 3.05) is 13.8 Å². The fourth-order valence-electron chi connectivity index (χ4n) is 1.40. The van der Waals surface area contributed by atoms with E-state index in [9.17, 15) is 9.50 Å². The predicted molar refractivity (Wildman–Crippen MR) is 52.3 cm³/mol. The SMILES string of the molecule is COc1ccc(C)c([C@@H](N)CF)c1O. The molecule has 1 rings (SSSR count). The summed E-state index contributed by atoms with van der Waals surface area (Å²) < 4.78 is 17.3. The van der Waals surface area contributed by atoms with E-state index >= 15 is 0 Å². The molecule has 0 aliphatic carbocycles. The van der Waals surface area contributed by atoms with Crippen LogP contribution in [0.3, 0.4) is 0 Å². The second-order valence-corrected chi connectivity index (χ2v) is 3.11. The van der Waals surface area contributed by atoms with E-state index in [0.717, 1.165) is 5.56 Å². The van der Waals surface area contributed by atoms with E-state index in [1.54, 1.807) is 19.1 Å². The van der Waals surface area contributed by atoms with E-state index in [4.69, 9.17) is 10.5 Å². The molecule has 3 nitrogen and oxygen atoms in total. The van der Waals surface area contributed by atoms with Crippen LogP contribution in [-0.4, -0.2) is 18.9 Å². The van der Waals surface area contributed by atoms with Crippen molar-refractivity contribution in [2.24, 2.45) is 5.73 Å². The van der Waals surface area contributed by atoms with Crippen LogP contribution in [0.25, 0.3) is 0 Å². The van der Waals surface area contributed by atoms with Crippen LogP contribution in [-0.2, 0) is 0 Å². The van der Waals surface area contributed by atoms with Gasteiger partial charge in [0.15, 0.2) is 11.5 Å². The largest absolute Gasteiger partial charge is 0.504 e. The maximum absolute atomic E-state index is 12.4. The van der Waals surface area contributed by atoms with Crippen molar-refractivity contribution >= 4 is 0 Å². The zero-order valence-electron chi connectivity index (χ0n) is 8.25. The Balaban J connectivity index is 3.25. The number of ether oxygens (including phenoxy) is 1. The lowest BCUT2D eigenvalue weighted by Gasteiger charge is -2.15. The van der Waals surface area contributed by atoms with Gasteiger partial charge in [-0.25, -0.2) is 4.39 Å². The van der Waals surface area contributed by atoms with Crippen LogP contribution in [0.5, 0.6) is 11.5 Å². The van der Waals surface area contributed by atoms with Gasteiger partial charge in [0.25, 0.3) is 0 Å². The summed E-state index contributed by atoms with van der Waals surface area (Å²) in [7, 11) is 1.44. The van der Waals surface area contributed by atoms with Crippen LogP contribution in [0, 0.1) is 6.92 Å². The van der Waals surface area contributed by atoms with Gasteiger partial charge in [-0.1, -0.05) is 6.07 Å². The van der Waals surface area contributed by atoms with Crippen molar-refractivity contribution in [3.63, 3.8) is 0 Å². The maximum atomic E-state index is 12.4. The summed E-state index contributed by atoms with van der Waals surface area (Å²) in [4.78, 5) is 0. The van der Waals surface area contributed by atoms with Crippen molar-refractivity contribution in [3.8, 4) is 11.5 Å². The van der Waals surface area contributed by atoms with Crippen LogP contribution in [0.4, 0.5) is 4.39 Å². The minimum absolute atomic E-state index is 0.0716. The lowest BCUT2D eigenvalue weighted by Crippen LogP contribution is -2.14. The highest BCUT2D eigenvalue weighted by Gasteiger charge is 2.16. The molecule has 0 radical (unpaired) electrons. The van der Waals surface area contributed by atoms with Crippen LogP contribution in [0.1, 0.15) is 17.2 Å². The minimum Gasteiger partial charge on any atom is -0.504 e. The number of methoxy groups -OCH3 is 1. The monoisotopic (exact) mass is 199 g/mol. The van der Waals surface area contributed by atoms with Gasteiger partial charge in [0.05, 0.1) is 13.2 Å². The Hall–Kier alpha value is -1.29. The van der Waals surface area contributed by atoms with Gasteiger partial charge in [0, 0.05) is 5.56 Å². The first-order valence-corrected chi connectivity index (χ1v) is 4.29. The maximum Gasteiger partial charge on any atom is 0.162 e. The molecular weight excluding hydrogens is 185 g/mol. The lowest BCUT2D eigenvalue weighted by atomic mass is 10.0. The van der Waals surface area contributed by atoms with Gasteiger partial charge < -0.3 is 15.6 Å². The molecule has 0 amide bonds. The lowest BCUT2D eigenvalue weighted by molar-refractivity contribution is 0.361. The van der Waals surface area contributed by atoms with E-state index in [2.05, 4.69) is 0 Å². The van der Waals surface area contributed by atoms with Crippen molar-refractivity contribution in [1.82, 2.24) is 0 Å². The van der Waals surface area contributed by atoms with E-state index in [1.165, 1.54) is 7.11 Å². The smallest absolute Gasteiger partial charge is 0.162 e. The second-order valence-electron chi connectivity index (χ2n) is 3.11. The molecule has 0 bridgehead atoms. The first kappa shape index (κ1) is 10.8. The summed E-state index contributed by atoms with van der Waals surface area (Å²) in [6, 6.07) is 2.56. The van der Waals surface area contributed by atoms with Gasteiger partial charge >= 0.3 is 0 Å². The molecule has 4 heteroatoms. The topological polar surface area (TPSA) is 55.5 Å². The summed E-state index contributed by atoms with van der Waals surface area (Å²) in [6.07, 6.45) is 0. The van der Waals surface area contributed by atoms with Crippen molar-refractivity contribution in [3.05, 3.63) is 23.3 Å². The Kier molecular flexibility index (Phi) is 3.30. The number of aromatic hydroxyl groups is 1. The fourth-order valence-corrected chi connectivity index (χ4v) is 1.40. The number of rotatable bonds is 3. The zero-order chi connectivity index (χ0) is 10.7. The summed E-state index contributed by atoms with van der Waals surface area (Å²) in [5.41, 5.74) is 6.70. The second kappa shape index (κ2) is 4.28. The first-order chi connectivity index (χ1) is 6.61. The molecule has 0 saturated heterocycles. The number of hydrogen-bond acceptors (Lipinski definition) is 3. The van der Waals surface area contributed by atoms with E-state index < -0.39 is 12.7 Å². The van der Waals surface area contributed by atoms with E-state index in [-0.39, 0.29) is 5.75 Å². The number of phenolic OH excluding ortho intramolecular Hbond substituents is 1.